The van der Waals surface area contributed by atoms with Gasteiger partial charge in [0, 0.05) is 31.4 Å². The number of hydrogen-bond donors (Lipinski definition) is 2. The molecule has 4 nitrogen and oxygen atoms in total. The second-order valence-electron chi connectivity index (χ2n) is 4.88. The summed E-state index contributed by atoms with van der Waals surface area (Å²) in [4.78, 5) is 7.32. The molecule has 0 spiro atoms. The van der Waals surface area contributed by atoms with E-state index in [1.54, 1.807) is 6.20 Å². The number of aromatic nitrogens is 2. The lowest BCUT2D eigenvalue weighted by Gasteiger charge is -2.14. The quantitative estimate of drug-likeness (QED) is 0.777. The molecule has 2 rings (SSSR count). The Balaban J connectivity index is 1.78. The van der Waals surface area contributed by atoms with E-state index in [4.69, 9.17) is 4.74 Å². The fourth-order valence-corrected chi connectivity index (χ4v) is 2.03. The van der Waals surface area contributed by atoms with Crippen molar-refractivity contribution in [3.63, 3.8) is 0 Å². The highest BCUT2D eigenvalue weighted by molar-refractivity contribution is 5.28. The van der Waals surface area contributed by atoms with Gasteiger partial charge in [-0.3, -0.25) is 0 Å². The highest BCUT2D eigenvalue weighted by atomic mass is 16.5. The van der Waals surface area contributed by atoms with Crippen LogP contribution in [0.5, 0.6) is 5.75 Å². The minimum atomic E-state index is 0.324. The van der Waals surface area contributed by atoms with Gasteiger partial charge in [-0.05, 0) is 31.0 Å². The molecule has 0 aliphatic carbocycles. The molecule has 0 aliphatic heterocycles. The van der Waals surface area contributed by atoms with Crippen molar-refractivity contribution in [1.29, 1.82) is 0 Å². The third kappa shape index (κ3) is 4.38. The van der Waals surface area contributed by atoms with E-state index in [0.717, 1.165) is 37.6 Å². The predicted molar refractivity (Wildman–Crippen MR) is 80.9 cm³/mol. The molecule has 2 aromatic rings. The van der Waals surface area contributed by atoms with Crippen molar-refractivity contribution in [2.75, 3.05) is 13.2 Å². The Morgan fingerprint density at radius 3 is 2.75 bits per heavy atom. The minimum Gasteiger partial charge on any atom is -0.494 e. The minimum absolute atomic E-state index is 0.324. The standard InChI is InChI=1S/C16H23N3O/c1-3-12-20-15-6-4-14(5-7-15)13(2)17-9-8-16-18-10-11-19-16/h4-7,10-11,13,17H,3,8-9,12H2,1-2H3,(H,18,19). The van der Waals surface area contributed by atoms with Crippen molar-refractivity contribution in [3.05, 3.63) is 48.0 Å². The van der Waals surface area contributed by atoms with E-state index in [9.17, 15) is 0 Å². The lowest BCUT2D eigenvalue weighted by Crippen LogP contribution is -2.21. The number of H-pyrrole nitrogens is 1. The molecule has 1 aromatic heterocycles. The zero-order valence-corrected chi connectivity index (χ0v) is 12.2. The van der Waals surface area contributed by atoms with Gasteiger partial charge in [0.2, 0.25) is 0 Å². The number of aromatic amines is 1. The van der Waals surface area contributed by atoms with E-state index in [1.165, 1.54) is 5.56 Å². The zero-order chi connectivity index (χ0) is 14.2. The summed E-state index contributed by atoms with van der Waals surface area (Å²) in [6, 6.07) is 8.64. The van der Waals surface area contributed by atoms with Crippen LogP contribution in [0.25, 0.3) is 0 Å². The van der Waals surface area contributed by atoms with Crippen molar-refractivity contribution in [2.24, 2.45) is 0 Å². The van der Waals surface area contributed by atoms with Gasteiger partial charge in [0.15, 0.2) is 0 Å². The Morgan fingerprint density at radius 2 is 2.10 bits per heavy atom. The fraction of sp³-hybridized carbons (Fsp3) is 0.438. The van der Waals surface area contributed by atoms with Gasteiger partial charge in [0.05, 0.1) is 6.61 Å². The number of hydrogen-bond acceptors (Lipinski definition) is 3. The van der Waals surface area contributed by atoms with Gasteiger partial charge in [-0.2, -0.15) is 0 Å². The first-order valence-electron chi connectivity index (χ1n) is 7.24. The monoisotopic (exact) mass is 273 g/mol. The molecular formula is C16H23N3O. The van der Waals surface area contributed by atoms with Gasteiger partial charge in [-0.15, -0.1) is 0 Å². The summed E-state index contributed by atoms with van der Waals surface area (Å²) in [5, 5.41) is 3.50. The number of nitrogens with zero attached hydrogens (tertiary/aromatic N) is 1. The summed E-state index contributed by atoms with van der Waals surface area (Å²) in [6.45, 7) is 5.96. The lowest BCUT2D eigenvalue weighted by molar-refractivity contribution is 0.317. The highest BCUT2D eigenvalue weighted by Crippen LogP contribution is 2.17. The zero-order valence-electron chi connectivity index (χ0n) is 12.2. The molecule has 0 saturated carbocycles. The average molecular weight is 273 g/mol. The van der Waals surface area contributed by atoms with E-state index in [0.29, 0.717) is 6.04 Å². The predicted octanol–water partition coefficient (Wildman–Crippen LogP) is 3.09. The normalized spacial score (nSPS) is 12.3. The van der Waals surface area contributed by atoms with E-state index < -0.39 is 0 Å². The van der Waals surface area contributed by atoms with E-state index >= 15 is 0 Å². The Morgan fingerprint density at radius 1 is 1.30 bits per heavy atom. The van der Waals surface area contributed by atoms with Crippen LogP contribution in [-0.2, 0) is 6.42 Å². The molecule has 0 aliphatic rings. The fourth-order valence-electron chi connectivity index (χ4n) is 2.03. The van der Waals surface area contributed by atoms with Crippen molar-refractivity contribution < 1.29 is 4.74 Å². The van der Waals surface area contributed by atoms with E-state index in [1.807, 2.05) is 18.3 Å². The van der Waals surface area contributed by atoms with E-state index in [-0.39, 0.29) is 0 Å². The van der Waals surface area contributed by atoms with Gasteiger partial charge in [-0.1, -0.05) is 19.1 Å². The molecule has 1 atom stereocenters. The van der Waals surface area contributed by atoms with Crippen LogP contribution in [0.3, 0.4) is 0 Å². The Kier molecular flexibility index (Phi) is 5.62. The summed E-state index contributed by atoms with van der Waals surface area (Å²) in [6.07, 6.45) is 5.59. The Hall–Kier alpha value is -1.81. The van der Waals surface area contributed by atoms with Crippen LogP contribution >= 0.6 is 0 Å². The first-order valence-corrected chi connectivity index (χ1v) is 7.24. The number of rotatable bonds is 8. The van der Waals surface area contributed by atoms with Crippen LogP contribution in [-0.4, -0.2) is 23.1 Å². The third-order valence-corrected chi connectivity index (χ3v) is 3.22. The molecule has 4 heteroatoms. The number of imidazole rings is 1. The lowest BCUT2D eigenvalue weighted by atomic mass is 10.1. The molecule has 1 heterocycles. The van der Waals surface area contributed by atoms with Gasteiger partial charge in [-0.25, -0.2) is 4.98 Å². The Bertz CT molecular complexity index is 479. The molecule has 0 fully saturated rings. The third-order valence-electron chi connectivity index (χ3n) is 3.22. The maximum atomic E-state index is 5.59. The molecule has 1 aromatic carbocycles. The molecule has 1 unspecified atom stereocenters. The molecule has 0 amide bonds. The molecule has 2 N–H and O–H groups in total. The maximum Gasteiger partial charge on any atom is 0.119 e. The van der Waals surface area contributed by atoms with Crippen molar-refractivity contribution in [3.8, 4) is 5.75 Å². The van der Waals surface area contributed by atoms with Crippen LogP contribution in [0.15, 0.2) is 36.7 Å². The summed E-state index contributed by atoms with van der Waals surface area (Å²) in [7, 11) is 0. The summed E-state index contributed by atoms with van der Waals surface area (Å²) < 4.78 is 5.59. The Labute approximate surface area is 120 Å². The second-order valence-corrected chi connectivity index (χ2v) is 4.88. The molecule has 20 heavy (non-hydrogen) atoms. The topological polar surface area (TPSA) is 49.9 Å². The molecule has 0 saturated heterocycles. The van der Waals surface area contributed by atoms with Crippen LogP contribution in [0, 0.1) is 0 Å². The SMILES string of the molecule is CCCOc1ccc(C(C)NCCc2ncc[nH]2)cc1. The van der Waals surface area contributed by atoms with Crippen LogP contribution < -0.4 is 10.1 Å². The highest BCUT2D eigenvalue weighted by Gasteiger charge is 2.05. The number of benzene rings is 1. The first kappa shape index (κ1) is 14.6. The molecule has 0 bridgehead atoms. The average Bonchev–Trinajstić information content (AvgIpc) is 2.99. The van der Waals surface area contributed by atoms with Crippen LogP contribution in [0.2, 0.25) is 0 Å². The number of ether oxygens (including phenoxy) is 1. The molecule has 0 radical (unpaired) electrons. The molecule has 108 valence electrons. The molecular weight excluding hydrogens is 250 g/mol. The van der Waals surface area contributed by atoms with Crippen molar-refractivity contribution >= 4 is 0 Å². The van der Waals surface area contributed by atoms with Gasteiger partial charge in [0.1, 0.15) is 11.6 Å². The maximum absolute atomic E-state index is 5.59. The van der Waals surface area contributed by atoms with Gasteiger partial charge in [0.25, 0.3) is 0 Å². The van der Waals surface area contributed by atoms with Crippen LogP contribution in [0.1, 0.15) is 37.7 Å². The second kappa shape index (κ2) is 7.70. The van der Waals surface area contributed by atoms with E-state index in [2.05, 4.69) is 41.3 Å². The van der Waals surface area contributed by atoms with Crippen LogP contribution in [0.4, 0.5) is 0 Å². The summed E-state index contributed by atoms with van der Waals surface area (Å²) in [5.41, 5.74) is 1.27. The van der Waals surface area contributed by atoms with Crippen molar-refractivity contribution in [2.45, 2.75) is 32.7 Å². The van der Waals surface area contributed by atoms with Gasteiger partial charge < -0.3 is 15.0 Å². The largest absolute Gasteiger partial charge is 0.494 e. The first-order chi connectivity index (χ1) is 9.79. The number of nitrogens with one attached hydrogen (secondary N) is 2. The summed E-state index contributed by atoms with van der Waals surface area (Å²) in [5.74, 6) is 1.96. The van der Waals surface area contributed by atoms with Crippen molar-refractivity contribution in [1.82, 2.24) is 15.3 Å². The van der Waals surface area contributed by atoms with Gasteiger partial charge >= 0.3 is 0 Å². The smallest absolute Gasteiger partial charge is 0.119 e. The summed E-state index contributed by atoms with van der Waals surface area (Å²) >= 11 is 0.